The average molecular weight is 289 g/mol. The van der Waals surface area contributed by atoms with Gasteiger partial charge >= 0.3 is 6.09 Å². The molecule has 0 spiro atoms. The summed E-state index contributed by atoms with van der Waals surface area (Å²) in [6.07, 6.45) is 1.93. The van der Waals surface area contributed by atoms with Crippen molar-refractivity contribution in [2.75, 3.05) is 6.54 Å². The van der Waals surface area contributed by atoms with Crippen molar-refractivity contribution >= 4 is 12.4 Å². The first-order valence-corrected chi connectivity index (χ1v) is 7.39. The number of hydrogen-bond donors (Lipinski definition) is 0. The molecule has 1 aromatic carbocycles. The van der Waals surface area contributed by atoms with Gasteiger partial charge in [-0.25, -0.2) is 4.79 Å². The number of rotatable bonds is 3. The molecule has 0 bridgehead atoms. The summed E-state index contributed by atoms with van der Waals surface area (Å²) < 4.78 is 5.50. The fourth-order valence-electron chi connectivity index (χ4n) is 2.74. The Morgan fingerprint density at radius 3 is 2.57 bits per heavy atom. The van der Waals surface area contributed by atoms with Crippen LogP contribution in [0.4, 0.5) is 4.79 Å². The summed E-state index contributed by atoms with van der Waals surface area (Å²) >= 11 is 0. The minimum absolute atomic E-state index is 0.00833. The van der Waals surface area contributed by atoms with Gasteiger partial charge in [0.2, 0.25) is 0 Å². The van der Waals surface area contributed by atoms with Crippen molar-refractivity contribution in [1.29, 1.82) is 0 Å². The highest BCUT2D eigenvalue weighted by atomic mass is 16.6. The Morgan fingerprint density at radius 1 is 1.33 bits per heavy atom. The molecule has 4 nitrogen and oxygen atoms in total. The normalized spacial score (nSPS) is 22.1. The van der Waals surface area contributed by atoms with Crippen LogP contribution in [-0.2, 0) is 9.53 Å². The van der Waals surface area contributed by atoms with Gasteiger partial charge in [0.05, 0.1) is 6.04 Å². The van der Waals surface area contributed by atoms with Crippen molar-refractivity contribution in [3.05, 3.63) is 35.9 Å². The van der Waals surface area contributed by atoms with E-state index in [2.05, 4.69) is 0 Å². The van der Waals surface area contributed by atoms with Gasteiger partial charge in [-0.2, -0.15) is 0 Å². The summed E-state index contributed by atoms with van der Waals surface area (Å²) in [5.74, 6) is 0.209. The minimum atomic E-state index is -0.513. The lowest BCUT2D eigenvalue weighted by Gasteiger charge is -2.28. The van der Waals surface area contributed by atoms with Gasteiger partial charge in [-0.1, -0.05) is 30.3 Å². The number of ether oxygens (including phenoxy) is 1. The summed E-state index contributed by atoms with van der Waals surface area (Å²) in [6, 6.07) is 9.92. The number of likely N-dealkylation sites (tertiary alicyclic amines) is 1. The van der Waals surface area contributed by atoms with Crippen molar-refractivity contribution in [2.24, 2.45) is 5.92 Å². The van der Waals surface area contributed by atoms with E-state index in [4.69, 9.17) is 4.74 Å². The van der Waals surface area contributed by atoms with Crippen LogP contribution >= 0.6 is 0 Å². The Bertz CT molecular complexity index is 493. The molecule has 2 unspecified atom stereocenters. The molecule has 1 fully saturated rings. The van der Waals surface area contributed by atoms with E-state index < -0.39 is 5.60 Å². The summed E-state index contributed by atoms with van der Waals surface area (Å²) in [5.41, 5.74) is 0.581. The lowest BCUT2D eigenvalue weighted by molar-refractivity contribution is -0.108. The van der Waals surface area contributed by atoms with Gasteiger partial charge in [0.25, 0.3) is 0 Å². The van der Waals surface area contributed by atoms with Crippen LogP contribution in [0.25, 0.3) is 0 Å². The molecular weight excluding hydrogens is 266 g/mol. The van der Waals surface area contributed by atoms with E-state index in [1.165, 1.54) is 0 Å². The highest BCUT2D eigenvalue weighted by Crippen LogP contribution is 2.37. The maximum Gasteiger partial charge on any atom is 0.410 e. The zero-order valence-electron chi connectivity index (χ0n) is 12.9. The molecule has 21 heavy (non-hydrogen) atoms. The second-order valence-corrected chi connectivity index (χ2v) is 6.56. The first-order valence-electron chi connectivity index (χ1n) is 7.39. The number of nitrogens with zero attached hydrogens (tertiary/aromatic N) is 1. The summed E-state index contributed by atoms with van der Waals surface area (Å²) in [7, 11) is 0. The van der Waals surface area contributed by atoms with Crippen molar-refractivity contribution < 1.29 is 14.3 Å². The first-order chi connectivity index (χ1) is 9.90. The Labute approximate surface area is 126 Å². The quantitative estimate of drug-likeness (QED) is 0.799. The third kappa shape index (κ3) is 4.06. The molecule has 0 aromatic heterocycles. The van der Waals surface area contributed by atoms with Gasteiger partial charge in [0.15, 0.2) is 0 Å². The van der Waals surface area contributed by atoms with E-state index in [1.807, 2.05) is 51.1 Å². The molecule has 0 aliphatic carbocycles. The van der Waals surface area contributed by atoms with Crippen LogP contribution in [0.1, 0.15) is 45.2 Å². The number of aldehydes is 1. The standard InChI is InChI=1S/C17H23NO3/c1-17(2,3)21-16(20)18-12-13(9-10-19)11-15(18)14-7-5-4-6-8-14/h4-8,10,13,15H,9,11-12H2,1-3H3. The SMILES string of the molecule is CC(C)(C)OC(=O)N1CC(CC=O)CC1c1ccccc1. The van der Waals surface area contributed by atoms with Gasteiger partial charge in [0.1, 0.15) is 11.9 Å². The third-order valence-corrected chi connectivity index (χ3v) is 3.63. The highest BCUT2D eigenvalue weighted by molar-refractivity contribution is 5.69. The van der Waals surface area contributed by atoms with E-state index in [1.54, 1.807) is 4.90 Å². The number of benzene rings is 1. The fourth-order valence-corrected chi connectivity index (χ4v) is 2.74. The predicted molar refractivity (Wildman–Crippen MR) is 80.9 cm³/mol. The fraction of sp³-hybridized carbons (Fsp3) is 0.529. The highest BCUT2D eigenvalue weighted by Gasteiger charge is 2.37. The van der Waals surface area contributed by atoms with E-state index >= 15 is 0 Å². The molecule has 114 valence electrons. The van der Waals surface area contributed by atoms with Gasteiger partial charge < -0.3 is 14.4 Å². The molecule has 1 aromatic rings. The summed E-state index contributed by atoms with van der Waals surface area (Å²) in [5, 5.41) is 0. The molecule has 0 N–H and O–H groups in total. The van der Waals surface area contributed by atoms with Gasteiger partial charge in [-0.3, -0.25) is 0 Å². The first kappa shape index (κ1) is 15.5. The minimum Gasteiger partial charge on any atom is -0.444 e. The van der Waals surface area contributed by atoms with Crippen LogP contribution in [0, 0.1) is 5.92 Å². The number of carbonyl (C=O) groups excluding carboxylic acids is 2. The van der Waals surface area contributed by atoms with Crippen LogP contribution in [-0.4, -0.2) is 29.4 Å². The monoisotopic (exact) mass is 289 g/mol. The molecule has 1 aliphatic heterocycles. The van der Waals surface area contributed by atoms with Crippen LogP contribution in [0.5, 0.6) is 0 Å². The Kier molecular flexibility index (Phi) is 4.66. The molecule has 1 amide bonds. The van der Waals surface area contributed by atoms with E-state index in [-0.39, 0.29) is 18.1 Å². The predicted octanol–water partition coefficient (Wildman–Crippen LogP) is 3.57. The second-order valence-electron chi connectivity index (χ2n) is 6.56. The molecule has 0 saturated carbocycles. The van der Waals surface area contributed by atoms with Gasteiger partial charge in [-0.05, 0) is 38.7 Å². The van der Waals surface area contributed by atoms with E-state index in [0.717, 1.165) is 18.3 Å². The molecule has 0 radical (unpaired) electrons. The van der Waals surface area contributed by atoms with Crippen molar-refractivity contribution in [3.8, 4) is 0 Å². The zero-order chi connectivity index (χ0) is 15.5. The smallest absolute Gasteiger partial charge is 0.410 e. The van der Waals surface area contributed by atoms with Gasteiger partial charge in [-0.15, -0.1) is 0 Å². The van der Waals surface area contributed by atoms with Crippen LogP contribution in [0.3, 0.4) is 0 Å². The van der Waals surface area contributed by atoms with E-state index in [9.17, 15) is 9.59 Å². The topological polar surface area (TPSA) is 46.6 Å². The van der Waals surface area contributed by atoms with Crippen LogP contribution in [0.2, 0.25) is 0 Å². The third-order valence-electron chi connectivity index (χ3n) is 3.63. The summed E-state index contributed by atoms with van der Waals surface area (Å²) in [6.45, 7) is 6.16. The number of amides is 1. The molecule has 1 saturated heterocycles. The summed E-state index contributed by atoms with van der Waals surface area (Å²) in [4.78, 5) is 24.9. The number of hydrogen-bond acceptors (Lipinski definition) is 3. The maximum atomic E-state index is 12.4. The molecule has 2 rings (SSSR count). The van der Waals surface area contributed by atoms with E-state index in [0.29, 0.717) is 13.0 Å². The largest absolute Gasteiger partial charge is 0.444 e. The molecular formula is C17H23NO3. The lowest BCUT2D eigenvalue weighted by atomic mass is 9.98. The Hall–Kier alpha value is -1.84. The lowest BCUT2D eigenvalue weighted by Crippen LogP contribution is -2.36. The Balaban J connectivity index is 2.19. The molecule has 1 heterocycles. The average Bonchev–Trinajstić information content (AvgIpc) is 2.82. The molecule has 2 atom stereocenters. The second kappa shape index (κ2) is 6.29. The van der Waals surface area contributed by atoms with Crippen molar-refractivity contribution in [3.63, 3.8) is 0 Å². The van der Waals surface area contributed by atoms with Crippen molar-refractivity contribution in [1.82, 2.24) is 4.90 Å². The molecule has 1 aliphatic rings. The Morgan fingerprint density at radius 2 is 2.00 bits per heavy atom. The number of carbonyl (C=O) groups is 2. The zero-order valence-corrected chi connectivity index (χ0v) is 12.9. The maximum absolute atomic E-state index is 12.4. The van der Waals surface area contributed by atoms with Crippen LogP contribution in [0.15, 0.2) is 30.3 Å². The molecule has 4 heteroatoms. The van der Waals surface area contributed by atoms with Crippen molar-refractivity contribution in [2.45, 2.75) is 45.3 Å². The van der Waals surface area contributed by atoms with Crippen LogP contribution < -0.4 is 0 Å². The van der Waals surface area contributed by atoms with Gasteiger partial charge in [0, 0.05) is 13.0 Å².